The zero-order valence-electron chi connectivity index (χ0n) is 14.1. The lowest BCUT2D eigenvalue weighted by molar-refractivity contribution is -0.348. The minimum atomic E-state index is -6.28. The van der Waals surface area contributed by atoms with Gasteiger partial charge in [0.2, 0.25) is 5.89 Å². The van der Waals surface area contributed by atoms with Gasteiger partial charge in [-0.2, -0.15) is 26.3 Å². The summed E-state index contributed by atoms with van der Waals surface area (Å²) in [7, 11) is 1.44. The molecule has 156 valence electrons. The van der Waals surface area contributed by atoms with Crippen LogP contribution in [0.2, 0.25) is 0 Å². The van der Waals surface area contributed by atoms with E-state index in [1.165, 1.54) is 25.2 Å². The molecule has 29 heavy (non-hydrogen) atoms. The Morgan fingerprint density at radius 1 is 1.00 bits per heavy atom. The van der Waals surface area contributed by atoms with Crippen molar-refractivity contribution >= 4 is 32.7 Å². The van der Waals surface area contributed by atoms with Crippen molar-refractivity contribution in [3.8, 4) is 11.5 Å². The molecule has 0 atom stereocenters. The number of nitrogens with zero attached hydrogens (tertiary/aromatic N) is 1. The molecule has 0 bridgehead atoms. The van der Waals surface area contributed by atoms with Crippen LogP contribution in [0.5, 0.6) is 0 Å². The quantitative estimate of drug-likeness (QED) is 0.415. The molecule has 0 fully saturated rings. The smallest absolute Gasteiger partial charge is 0.435 e. The molecule has 1 aromatic heterocycles. The Hall–Kier alpha value is -2.37. The van der Waals surface area contributed by atoms with Gasteiger partial charge in [-0.05, 0) is 40.2 Å². The maximum atomic E-state index is 14.4. The molecule has 12 heteroatoms. The number of nitrogens with one attached hydrogen (secondary N) is 1. The predicted octanol–water partition coefficient (Wildman–Crippen LogP) is 6.73. The average molecular weight is 489 g/mol. The zero-order valence-corrected chi connectivity index (χ0v) is 15.7. The molecule has 1 N–H and O–H groups in total. The van der Waals surface area contributed by atoms with Crippen molar-refractivity contribution in [2.24, 2.45) is 0 Å². The second kappa shape index (κ2) is 6.85. The van der Waals surface area contributed by atoms with Gasteiger partial charge >= 0.3 is 18.0 Å². The van der Waals surface area contributed by atoms with Crippen molar-refractivity contribution < 1.29 is 39.5 Å². The lowest BCUT2D eigenvalue weighted by atomic mass is 9.94. The summed E-state index contributed by atoms with van der Waals surface area (Å²) in [5.74, 6) is -1.21. The molecule has 3 aromatic rings. The van der Waals surface area contributed by atoms with Gasteiger partial charge in [-0.25, -0.2) is 13.8 Å². The zero-order chi connectivity index (χ0) is 21.8. The molecular formula is C17H9BrF8N2O. The Labute approximate surface area is 165 Å². The average Bonchev–Trinajstić information content (AvgIpc) is 3.03. The normalized spacial score (nSPS) is 13.2. The van der Waals surface area contributed by atoms with Crippen molar-refractivity contribution in [1.29, 1.82) is 0 Å². The topological polar surface area (TPSA) is 38.1 Å². The Kier molecular flexibility index (Phi) is 5.04. The van der Waals surface area contributed by atoms with Gasteiger partial charge in [-0.3, -0.25) is 0 Å². The van der Waals surface area contributed by atoms with Gasteiger partial charge in [0.1, 0.15) is 5.52 Å². The highest BCUT2D eigenvalue weighted by atomic mass is 79.9. The minimum Gasteiger partial charge on any atom is -0.436 e. The summed E-state index contributed by atoms with van der Waals surface area (Å²) in [5.41, 5.74) is -8.31. The summed E-state index contributed by atoms with van der Waals surface area (Å²) in [6, 6.07) is 4.63. The number of alkyl halides is 7. The highest BCUT2D eigenvalue weighted by molar-refractivity contribution is 9.10. The van der Waals surface area contributed by atoms with Crippen LogP contribution in [0.15, 0.2) is 39.2 Å². The van der Waals surface area contributed by atoms with E-state index in [-0.39, 0.29) is 27.3 Å². The predicted molar refractivity (Wildman–Crippen MR) is 91.5 cm³/mol. The third kappa shape index (κ3) is 3.32. The van der Waals surface area contributed by atoms with Gasteiger partial charge in [-0.1, -0.05) is 6.07 Å². The van der Waals surface area contributed by atoms with E-state index in [4.69, 9.17) is 4.42 Å². The molecule has 0 saturated carbocycles. The third-order valence-corrected chi connectivity index (χ3v) is 4.73. The van der Waals surface area contributed by atoms with E-state index >= 15 is 0 Å². The van der Waals surface area contributed by atoms with E-state index in [2.05, 4.69) is 26.2 Å². The summed E-state index contributed by atoms with van der Waals surface area (Å²) in [6.07, 6.45) is -12.6. The van der Waals surface area contributed by atoms with Gasteiger partial charge in [0, 0.05) is 17.1 Å². The van der Waals surface area contributed by atoms with E-state index in [0.29, 0.717) is 6.07 Å². The van der Waals surface area contributed by atoms with Crippen LogP contribution in [0.3, 0.4) is 0 Å². The number of fused-ring (bicyclic) bond motifs is 1. The van der Waals surface area contributed by atoms with Crippen LogP contribution in [0.25, 0.3) is 22.6 Å². The van der Waals surface area contributed by atoms with Crippen LogP contribution in [-0.4, -0.2) is 24.4 Å². The first-order valence-corrected chi connectivity index (χ1v) is 8.50. The number of benzene rings is 2. The molecular weight excluding hydrogens is 480 g/mol. The van der Waals surface area contributed by atoms with Crippen molar-refractivity contribution in [2.45, 2.75) is 18.0 Å². The Bertz CT molecular complexity index is 1060. The highest BCUT2D eigenvalue weighted by Gasteiger charge is 2.73. The number of anilines is 1. The van der Waals surface area contributed by atoms with Gasteiger partial charge < -0.3 is 9.73 Å². The lowest BCUT2D eigenvalue weighted by Gasteiger charge is -2.30. The van der Waals surface area contributed by atoms with Crippen molar-refractivity contribution in [1.82, 2.24) is 4.98 Å². The third-order valence-electron chi connectivity index (χ3n) is 4.13. The number of halogens is 9. The van der Waals surface area contributed by atoms with Crippen LogP contribution in [0, 0.1) is 5.82 Å². The molecule has 0 amide bonds. The van der Waals surface area contributed by atoms with Crippen LogP contribution in [0.4, 0.5) is 40.8 Å². The summed E-state index contributed by atoms with van der Waals surface area (Å²) in [6.45, 7) is 0. The van der Waals surface area contributed by atoms with Gasteiger partial charge in [0.05, 0.1) is 11.3 Å². The van der Waals surface area contributed by atoms with Gasteiger partial charge in [0.25, 0.3) is 0 Å². The SMILES string of the molecule is CNc1cccc(-c2nc3c(Br)cc(C(F)(C(F)(F)F)C(F)(F)F)cc3o2)c1F. The number of aromatic nitrogens is 1. The molecule has 3 nitrogen and oxygen atoms in total. The Morgan fingerprint density at radius 3 is 2.17 bits per heavy atom. The molecule has 0 saturated heterocycles. The molecule has 0 aliphatic rings. The number of oxazole rings is 1. The first-order chi connectivity index (χ1) is 13.3. The molecule has 0 spiro atoms. The lowest BCUT2D eigenvalue weighted by Crippen LogP contribution is -2.50. The molecule has 0 aliphatic carbocycles. The molecule has 3 rings (SSSR count). The fourth-order valence-electron chi connectivity index (χ4n) is 2.68. The van der Waals surface area contributed by atoms with E-state index in [9.17, 15) is 35.1 Å². The summed E-state index contributed by atoms with van der Waals surface area (Å²) in [4.78, 5) is 3.90. The number of rotatable bonds is 3. The first kappa shape index (κ1) is 21.3. The Balaban J connectivity index is 2.24. The van der Waals surface area contributed by atoms with Crippen molar-refractivity contribution in [3.63, 3.8) is 0 Å². The maximum absolute atomic E-state index is 14.4. The largest absolute Gasteiger partial charge is 0.436 e. The van der Waals surface area contributed by atoms with Crippen molar-refractivity contribution in [3.05, 3.63) is 46.2 Å². The van der Waals surface area contributed by atoms with Gasteiger partial charge in [0.15, 0.2) is 11.4 Å². The van der Waals surface area contributed by atoms with Crippen molar-refractivity contribution in [2.75, 3.05) is 12.4 Å². The summed E-state index contributed by atoms with van der Waals surface area (Å²) >= 11 is 2.78. The standard InChI is InChI=1S/C17H9BrF8N2O/c1-27-10-4-2-3-8(12(10)19)14-28-13-9(18)5-7(6-11(13)29-14)15(20,16(21,22)23)17(24,25)26/h2-6,27H,1H3. The van der Waals surface area contributed by atoms with E-state index in [0.717, 1.165) is 0 Å². The number of hydrogen-bond donors (Lipinski definition) is 1. The molecule has 0 aliphatic heterocycles. The van der Waals surface area contributed by atoms with Crippen LogP contribution < -0.4 is 5.32 Å². The molecule has 0 radical (unpaired) electrons. The van der Waals surface area contributed by atoms with Crippen LogP contribution >= 0.6 is 15.9 Å². The van der Waals surface area contributed by atoms with Crippen LogP contribution in [-0.2, 0) is 5.67 Å². The van der Waals surface area contributed by atoms with E-state index < -0.39 is 40.9 Å². The molecule has 2 aromatic carbocycles. The second-order valence-electron chi connectivity index (χ2n) is 5.89. The monoisotopic (exact) mass is 488 g/mol. The Morgan fingerprint density at radius 2 is 1.62 bits per heavy atom. The first-order valence-electron chi connectivity index (χ1n) is 7.71. The summed E-state index contributed by atoms with van der Waals surface area (Å²) < 4.78 is 112. The van der Waals surface area contributed by atoms with Crippen LogP contribution in [0.1, 0.15) is 5.56 Å². The second-order valence-corrected chi connectivity index (χ2v) is 6.75. The van der Waals surface area contributed by atoms with E-state index in [1.807, 2.05) is 0 Å². The minimum absolute atomic E-state index is 0.0569. The maximum Gasteiger partial charge on any atom is 0.435 e. The van der Waals surface area contributed by atoms with Gasteiger partial charge in [-0.15, -0.1) is 0 Å². The fraction of sp³-hybridized carbons (Fsp3) is 0.235. The highest BCUT2D eigenvalue weighted by Crippen LogP contribution is 2.54. The summed E-state index contributed by atoms with van der Waals surface area (Å²) in [5, 5.41) is 2.56. The number of hydrogen-bond acceptors (Lipinski definition) is 3. The molecule has 0 unspecified atom stereocenters. The van der Waals surface area contributed by atoms with E-state index in [1.54, 1.807) is 0 Å². The molecule has 1 heterocycles. The fourth-order valence-corrected chi connectivity index (χ4v) is 3.21.